The molecule has 1 amide bonds. The van der Waals surface area contributed by atoms with Crippen molar-refractivity contribution < 1.29 is 14.3 Å². The number of amides is 1. The Balaban J connectivity index is 2.36. The number of aliphatic hydroxyl groups excluding tert-OH is 1. The largest absolute Gasteiger partial charge is 0.472 e. The molecule has 0 bridgehead atoms. The van der Waals surface area contributed by atoms with E-state index in [1.165, 1.54) is 12.5 Å². The molecule has 0 fully saturated rings. The molecule has 4 nitrogen and oxygen atoms in total. The van der Waals surface area contributed by atoms with Gasteiger partial charge in [0.05, 0.1) is 17.9 Å². The lowest BCUT2D eigenvalue weighted by Gasteiger charge is -2.14. The van der Waals surface area contributed by atoms with Crippen LogP contribution in [0.15, 0.2) is 23.0 Å². The Bertz CT molecular complexity index is 280. The van der Waals surface area contributed by atoms with Gasteiger partial charge in [0, 0.05) is 6.54 Å². The average Bonchev–Trinajstić information content (AvgIpc) is 2.66. The number of rotatable bonds is 4. The quantitative estimate of drug-likeness (QED) is 0.757. The molecular weight excluding hydrogens is 182 g/mol. The van der Waals surface area contributed by atoms with Crippen LogP contribution in [-0.2, 0) is 0 Å². The molecule has 4 heteroatoms. The standard InChI is InChI=1S/C10H15NO3/c1-7(2)9(12)5-11-10(13)8-3-4-14-6-8/h3-4,6-7,9,12H,5H2,1-2H3,(H,11,13). The summed E-state index contributed by atoms with van der Waals surface area (Å²) < 4.78 is 4.77. The van der Waals surface area contributed by atoms with E-state index in [1.54, 1.807) is 6.07 Å². The summed E-state index contributed by atoms with van der Waals surface area (Å²) in [7, 11) is 0. The van der Waals surface area contributed by atoms with Gasteiger partial charge in [0.2, 0.25) is 0 Å². The van der Waals surface area contributed by atoms with Crippen LogP contribution in [0.5, 0.6) is 0 Å². The third kappa shape index (κ3) is 2.88. The van der Waals surface area contributed by atoms with E-state index in [9.17, 15) is 9.90 Å². The Morgan fingerprint density at radius 3 is 2.86 bits per heavy atom. The first kappa shape index (κ1) is 10.8. The highest BCUT2D eigenvalue weighted by Gasteiger charge is 2.12. The number of furan rings is 1. The summed E-state index contributed by atoms with van der Waals surface area (Å²) in [6.45, 7) is 4.06. The summed E-state index contributed by atoms with van der Waals surface area (Å²) >= 11 is 0. The van der Waals surface area contributed by atoms with Crippen molar-refractivity contribution in [2.24, 2.45) is 5.92 Å². The van der Waals surface area contributed by atoms with Gasteiger partial charge in [-0.05, 0) is 12.0 Å². The van der Waals surface area contributed by atoms with Crippen molar-refractivity contribution in [3.63, 3.8) is 0 Å². The molecule has 2 N–H and O–H groups in total. The molecule has 0 saturated heterocycles. The molecule has 78 valence electrons. The average molecular weight is 197 g/mol. The predicted octanol–water partition coefficient (Wildman–Crippen LogP) is 1.03. The Morgan fingerprint density at radius 1 is 1.64 bits per heavy atom. The summed E-state index contributed by atoms with van der Waals surface area (Å²) in [6.07, 6.45) is 2.30. The molecule has 0 aliphatic heterocycles. The highest BCUT2D eigenvalue weighted by Crippen LogP contribution is 2.01. The van der Waals surface area contributed by atoms with Gasteiger partial charge in [-0.1, -0.05) is 13.8 Å². The lowest BCUT2D eigenvalue weighted by atomic mass is 10.1. The van der Waals surface area contributed by atoms with Gasteiger partial charge in [0.1, 0.15) is 6.26 Å². The number of carbonyl (C=O) groups excluding carboxylic acids is 1. The molecule has 0 spiro atoms. The molecule has 1 unspecified atom stereocenters. The van der Waals surface area contributed by atoms with Crippen LogP contribution in [0.1, 0.15) is 24.2 Å². The molecule has 1 rings (SSSR count). The monoisotopic (exact) mass is 197 g/mol. The maximum Gasteiger partial charge on any atom is 0.254 e. The fourth-order valence-electron chi connectivity index (χ4n) is 0.929. The van der Waals surface area contributed by atoms with Crippen LogP contribution in [0.4, 0.5) is 0 Å². The zero-order valence-electron chi connectivity index (χ0n) is 8.36. The number of hydrogen-bond donors (Lipinski definition) is 2. The van der Waals surface area contributed by atoms with E-state index >= 15 is 0 Å². The zero-order valence-corrected chi connectivity index (χ0v) is 8.36. The van der Waals surface area contributed by atoms with E-state index < -0.39 is 6.10 Å². The second kappa shape index (κ2) is 4.81. The summed E-state index contributed by atoms with van der Waals surface area (Å²) in [5, 5.41) is 12.1. The molecule has 14 heavy (non-hydrogen) atoms. The molecule has 0 radical (unpaired) electrons. The van der Waals surface area contributed by atoms with E-state index in [1.807, 2.05) is 13.8 Å². The Morgan fingerprint density at radius 2 is 2.36 bits per heavy atom. The molecule has 1 aromatic heterocycles. The molecule has 1 heterocycles. The fourth-order valence-corrected chi connectivity index (χ4v) is 0.929. The van der Waals surface area contributed by atoms with Crippen molar-refractivity contribution in [2.45, 2.75) is 20.0 Å². The smallest absolute Gasteiger partial charge is 0.254 e. The lowest BCUT2D eigenvalue weighted by Crippen LogP contribution is -2.34. The molecule has 0 saturated carbocycles. The van der Waals surface area contributed by atoms with Gasteiger partial charge in [-0.15, -0.1) is 0 Å². The topological polar surface area (TPSA) is 62.5 Å². The number of aliphatic hydroxyl groups is 1. The van der Waals surface area contributed by atoms with Crippen LogP contribution in [0.25, 0.3) is 0 Å². The molecule has 1 atom stereocenters. The maximum atomic E-state index is 11.4. The van der Waals surface area contributed by atoms with Gasteiger partial charge < -0.3 is 14.8 Å². The Labute approximate surface area is 82.9 Å². The van der Waals surface area contributed by atoms with E-state index in [4.69, 9.17) is 4.42 Å². The van der Waals surface area contributed by atoms with E-state index in [2.05, 4.69) is 5.32 Å². The van der Waals surface area contributed by atoms with E-state index in [0.717, 1.165) is 0 Å². The zero-order chi connectivity index (χ0) is 10.6. The van der Waals surface area contributed by atoms with Crippen molar-refractivity contribution in [1.29, 1.82) is 0 Å². The van der Waals surface area contributed by atoms with Crippen LogP contribution in [0.3, 0.4) is 0 Å². The summed E-state index contributed by atoms with van der Waals surface area (Å²) in [4.78, 5) is 11.4. The summed E-state index contributed by atoms with van der Waals surface area (Å²) in [5.41, 5.74) is 0.473. The van der Waals surface area contributed by atoms with E-state index in [-0.39, 0.29) is 18.4 Å². The molecule has 0 aliphatic rings. The first-order valence-electron chi connectivity index (χ1n) is 4.59. The lowest BCUT2D eigenvalue weighted by molar-refractivity contribution is 0.0871. The van der Waals surface area contributed by atoms with Gasteiger partial charge in [0.15, 0.2) is 0 Å². The Kier molecular flexibility index (Phi) is 3.71. The minimum absolute atomic E-state index is 0.139. The normalized spacial score (nSPS) is 12.9. The highest BCUT2D eigenvalue weighted by molar-refractivity contribution is 5.93. The number of carbonyl (C=O) groups is 1. The summed E-state index contributed by atoms with van der Waals surface area (Å²) in [6, 6.07) is 1.58. The van der Waals surface area contributed by atoms with Crippen molar-refractivity contribution in [2.75, 3.05) is 6.54 Å². The minimum Gasteiger partial charge on any atom is -0.472 e. The van der Waals surface area contributed by atoms with Crippen molar-refractivity contribution in [3.05, 3.63) is 24.2 Å². The van der Waals surface area contributed by atoms with Gasteiger partial charge in [-0.2, -0.15) is 0 Å². The summed E-state index contributed by atoms with van der Waals surface area (Å²) in [5.74, 6) is -0.0851. The van der Waals surface area contributed by atoms with Crippen LogP contribution < -0.4 is 5.32 Å². The molecule has 1 aromatic rings. The molecular formula is C10H15NO3. The van der Waals surface area contributed by atoms with E-state index in [0.29, 0.717) is 5.56 Å². The predicted molar refractivity (Wildman–Crippen MR) is 51.9 cm³/mol. The first-order chi connectivity index (χ1) is 6.61. The third-order valence-corrected chi connectivity index (χ3v) is 2.02. The van der Waals surface area contributed by atoms with Crippen LogP contribution in [0, 0.1) is 5.92 Å². The fraction of sp³-hybridized carbons (Fsp3) is 0.500. The number of hydrogen-bond acceptors (Lipinski definition) is 3. The third-order valence-electron chi connectivity index (χ3n) is 2.02. The second-order valence-electron chi connectivity index (χ2n) is 3.53. The van der Waals surface area contributed by atoms with Crippen molar-refractivity contribution >= 4 is 5.91 Å². The van der Waals surface area contributed by atoms with Crippen molar-refractivity contribution in [1.82, 2.24) is 5.32 Å². The molecule has 0 aromatic carbocycles. The van der Waals surface area contributed by atoms with Crippen LogP contribution in [0.2, 0.25) is 0 Å². The van der Waals surface area contributed by atoms with Gasteiger partial charge in [-0.25, -0.2) is 0 Å². The van der Waals surface area contributed by atoms with Gasteiger partial charge in [-0.3, -0.25) is 4.79 Å². The first-order valence-corrected chi connectivity index (χ1v) is 4.59. The van der Waals surface area contributed by atoms with Crippen LogP contribution >= 0.6 is 0 Å². The SMILES string of the molecule is CC(C)C(O)CNC(=O)c1ccoc1. The molecule has 0 aliphatic carbocycles. The minimum atomic E-state index is -0.508. The van der Waals surface area contributed by atoms with Gasteiger partial charge in [0.25, 0.3) is 5.91 Å². The maximum absolute atomic E-state index is 11.4. The number of nitrogens with one attached hydrogen (secondary N) is 1. The second-order valence-corrected chi connectivity index (χ2v) is 3.53. The Hall–Kier alpha value is -1.29. The van der Waals surface area contributed by atoms with Crippen LogP contribution in [-0.4, -0.2) is 23.7 Å². The van der Waals surface area contributed by atoms with Crippen molar-refractivity contribution in [3.8, 4) is 0 Å². The van der Waals surface area contributed by atoms with Gasteiger partial charge >= 0.3 is 0 Å². The highest BCUT2D eigenvalue weighted by atomic mass is 16.3.